The van der Waals surface area contributed by atoms with Crippen LogP contribution < -0.4 is 11.2 Å². The number of benzene rings is 1. The zero-order chi connectivity index (χ0) is 20.4. The van der Waals surface area contributed by atoms with Gasteiger partial charge in [0.25, 0.3) is 5.56 Å². The molecule has 1 atom stereocenters. The van der Waals surface area contributed by atoms with E-state index >= 15 is 0 Å². The highest BCUT2D eigenvalue weighted by atomic mass is 16.2. The summed E-state index contributed by atoms with van der Waals surface area (Å²) in [6.45, 7) is 2.06. The summed E-state index contributed by atoms with van der Waals surface area (Å²) in [5.41, 5.74) is 3.45. The Morgan fingerprint density at radius 3 is 2.59 bits per heavy atom. The van der Waals surface area contributed by atoms with Gasteiger partial charge in [-0.15, -0.1) is 0 Å². The van der Waals surface area contributed by atoms with Gasteiger partial charge in [-0.2, -0.15) is 0 Å². The number of H-pyrrole nitrogens is 1. The minimum atomic E-state index is -0.305. The molecule has 1 aromatic carbocycles. The Labute approximate surface area is 172 Å². The van der Waals surface area contributed by atoms with Crippen LogP contribution in [0.4, 0.5) is 0 Å². The van der Waals surface area contributed by atoms with E-state index in [0.717, 1.165) is 48.9 Å². The highest BCUT2D eigenvalue weighted by Crippen LogP contribution is 2.40. The molecule has 1 unspecified atom stereocenters. The summed E-state index contributed by atoms with van der Waals surface area (Å²) in [6, 6.07) is 8.26. The number of rotatable bonds is 4. The number of allylic oxidation sites excluding steroid dienone is 4. The van der Waals surface area contributed by atoms with Crippen LogP contribution in [-0.2, 0) is 13.5 Å². The number of nitrogens with zero attached hydrogens (tertiary/aromatic N) is 1. The van der Waals surface area contributed by atoms with Gasteiger partial charge >= 0.3 is 5.69 Å². The average molecular weight is 391 g/mol. The first-order valence-electron chi connectivity index (χ1n) is 10.7. The minimum Gasteiger partial charge on any atom is -0.310 e. The van der Waals surface area contributed by atoms with Crippen LogP contribution in [0.15, 0.2) is 58.2 Å². The SMILES string of the molecule is Cc1cccc(Cc2c(=O)n(C)c(=O)[nH]c2[C@H]2CC[C@H](C3C=CC=CC3)CC2)c1. The third-order valence-electron chi connectivity index (χ3n) is 6.70. The molecule has 1 saturated carbocycles. The lowest BCUT2D eigenvalue weighted by Gasteiger charge is -2.33. The van der Waals surface area contributed by atoms with Gasteiger partial charge < -0.3 is 4.98 Å². The van der Waals surface area contributed by atoms with Gasteiger partial charge in [-0.05, 0) is 62.3 Å². The zero-order valence-electron chi connectivity index (χ0n) is 17.4. The van der Waals surface area contributed by atoms with Gasteiger partial charge in [-0.25, -0.2) is 4.79 Å². The van der Waals surface area contributed by atoms with Gasteiger partial charge in [0, 0.05) is 24.7 Å². The van der Waals surface area contributed by atoms with Crippen LogP contribution in [0.1, 0.15) is 60.4 Å². The van der Waals surface area contributed by atoms with Gasteiger partial charge in [0.05, 0.1) is 0 Å². The number of aromatic nitrogens is 2. The van der Waals surface area contributed by atoms with E-state index < -0.39 is 0 Å². The van der Waals surface area contributed by atoms with Crippen molar-refractivity contribution in [2.45, 2.75) is 51.4 Å². The molecule has 4 heteroatoms. The summed E-state index contributed by atoms with van der Waals surface area (Å²) in [5, 5.41) is 0. The van der Waals surface area contributed by atoms with Crippen molar-refractivity contribution in [1.82, 2.24) is 9.55 Å². The second kappa shape index (κ2) is 8.40. The summed E-state index contributed by atoms with van der Waals surface area (Å²) in [6.07, 6.45) is 14.9. The van der Waals surface area contributed by atoms with Crippen molar-refractivity contribution in [1.29, 1.82) is 0 Å². The van der Waals surface area contributed by atoms with E-state index in [0.29, 0.717) is 18.3 Å². The fourth-order valence-electron chi connectivity index (χ4n) is 5.02. The predicted octanol–water partition coefficient (Wildman–Crippen LogP) is 4.38. The molecule has 2 aliphatic rings. The van der Waals surface area contributed by atoms with Crippen LogP contribution in [0.2, 0.25) is 0 Å². The number of hydrogen-bond acceptors (Lipinski definition) is 2. The Balaban J connectivity index is 1.60. The lowest BCUT2D eigenvalue weighted by molar-refractivity contribution is 0.262. The molecule has 152 valence electrons. The van der Waals surface area contributed by atoms with E-state index in [2.05, 4.69) is 54.4 Å². The smallest absolute Gasteiger partial charge is 0.310 e. The number of hydrogen-bond donors (Lipinski definition) is 1. The molecule has 0 aliphatic heterocycles. The second-order valence-electron chi connectivity index (χ2n) is 8.68. The maximum atomic E-state index is 13.0. The highest BCUT2D eigenvalue weighted by molar-refractivity contribution is 5.31. The third-order valence-corrected chi connectivity index (χ3v) is 6.70. The Morgan fingerprint density at radius 2 is 1.90 bits per heavy atom. The van der Waals surface area contributed by atoms with Crippen LogP contribution in [0.5, 0.6) is 0 Å². The molecule has 0 saturated heterocycles. The number of aromatic amines is 1. The van der Waals surface area contributed by atoms with Crippen LogP contribution >= 0.6 is 0 Å². The van der Waals surface area contributed by atoms with E-state index in [-0.39, 0.29) is 17.2 Å². The van der Waals surface area contributed by atoms with Gasteiger partial charge in [0.15, 0.2) is 0 Å². The fourth-order valence-corrected chi connectivity index (χ4v) is 5.02. The van der Waals surface area contributed by atoms with Gasteiger partial charge in [-0.1, -0.05) is 54.1 Å². The minimum absolute atomic E-state index is 0.160. The molecule has 1 heterocycles. The third kappa shape index (κ3) is 4.21. The Bertz CT molecular complexity index is 1050. The molecule has 1 N–H and O–H groups in total. The van der Waals surface area contributed by atoms with E-state index in [1.165, 1.54) is 10.1 Å². The number of nitrogens with one attached hydrogen (secondary N) is 1. The second-order valence-corrected chi connectivity index (χ2v) is 8.68. The Morgan fingerprint density at radius 1 is 1.10 bits per heavy atom. The fraction of sp³-hybridized carbons (Fsp3) is 0.440. The predicted molar refractivity (Wildman–Crippen MR) is 117 cm³/mol. The van der Waals surface area contributed by atoms with E-state index in [9.17, 15) is 9.59 Å². The molecule has 1 aromatic heterocycles. The molecule has 0 amide bonds. The van der Waals surface area contributed by atoms with Crippen molar-refractivity contribution in [3.05, 3.63) is 91.8 Å². The standard InChI is InChI=1S/C25H30N2O2/c1-17-7-6-8-18(15-17)16-22-23(26-25(29)27(2)24(22)28)21-13-11-20(12-14-21)19-9-4-3-5-10-19/h3-9,15,19-21H,10-14,16H2,1-2H3,(H,26,29)/t19?,20-,21-. The first kappa shape index (κ1) is 19.7. The Hall–Kier alpha value is -2.62. The van der Waals surface area contributed by atoms with Crippen molar-refractivity contribution in [3.8, 4) is 0 Å². The van der Waals surface area contributed by atoms with Gasteiger partial charge in [-0.3, -0.25) is 9.36 Å². The zero-order valence-corrected chi connectivity index (χ0v) is 17.4. The topological polar surface area (TPSA) is 54.9 Å². The van der Waals surface area contributed by atoms with Crippen molar-refractivity contribution >= 4 is 0 Å². The van der Waals surface area contributed by atoms with Gasteiger partial charge in [0.1, 0.15) is 0 Å². The molecular weight excluding hydrogens is 360 g/mol. The van der Waals surface area contributed by atoms with Crippen LogP contribution in [0, 0.1) is 18.8 Å². The molecule has 2 aliphatic carbocycles. The maximum absolute atomic E-state index is 13.0. The quantitative estimate of drug-likeness (QED) is 0.842. The summed E-state index contributed by atoms with van der Waals surface area (Å²) in [5.74, 6) is 1.59. The first-order valence-corrected chi connectivity index (χ1v) is 10.7. The number of aryl methyl sites for hydroxylation is 1. The summed E-state index contributed by atoms with van der Waals surface area (Å²) in [4.78, 5) is 28.4. The summed E-state index contributed by atoms with van der Waals surface area (Å²) >= 11 is 0. The highest BCUT2D eigenvalue weighted by Gasteiger charge is 2.29. The monoisotopic (exact) mass is 390 g/mol. The maximum Gasteiger partial charge on any atom is 0.328 e. The molecule has 4 nitrogen and oxygen atoms in total. The van der Waals surface area contributed by atoms with Crippen molar-refractivity contribution < 1.29 is 0 Å². The molecule has 0 radical (unpaired) electrons. The van der Waals surface area contributed by atoms with Crippen molar-refractivity contribution in [3.63, 3.8) is 0 Å². The van der Waals surface area contributed by atoms with Crippen LogP contribution in [0.25, 0.3) is 0 Å². The molecule has 2 aromatic rings. The Kier molecular flexibility index (Phi) is 5.70. The summed E-state index contributed by atoms with van der Waals surface area (Å²) in [7, 11) is 1.56. The molecule has 4 rings (SSSR count). The average Bonchev–Trinajstić information content (AvgIpc) is 2.75. The van der Waals surface area contributed by atoms with Crippen LogP contribution in [-0.4, -0.2) is 9.55 Å². The van der Waals surface area contributed by atoms with E-state index in [1.807, 2.05) is 6.07 Å². The molecule has 1 fully saturated rings. The lowest BCUT2D eigenvalue weighted by Crippen LogP contribution is -2.38. The van der Waals surface area contributed by atoms with E-state index in [1.54, 1.807) is 7.05 Å². The lowest BCUT2D eigenvalue weighted by atomic mass is 9.72. The van der Waals surface area contributed by atoms with E-state index in [4.69, 9.17) is 0 Å². The van der Waals surface area contributed by atoms with Crippen molar-refractivity contribution in [2.75, 3.05) is 0 Å². The van der Waals surface area contributed by atoms with Crippen molar-refractivity contribution in [2.24, 2.45) is 18.9 Å². The molecular formula is C25H30N2O2. The molecule has 0 bridgehead atoms. The largest absolute Gasteiger partial charge is 0.328 e. The summed E-state index contributed by atoms with van der Waals surface area (Å²) < 4.78 is 1.21. The first-order chi connectivity index (χ1) is 14.0. The normalized spacial score (nSPS) is 24.0. The molecule has 29 heavy (non-hydrogen) atoms. The van der Waals surface area contributed by atoms with Crippen LogP contribution in [0.3, 0.4) is 0 Å². The van der Waals surface area contributed by atoms with Gasteiger partial charge in [0.2, 0.25) is 0 Å². The molecule has 0 spiro atoms.